The molecule has 1 aliphatic heterocycles. The van der Waals surface area contributed by atoms with Gasteiger partial charge in [-0.25, -0.2) is 0 Å². The molecule has 8 nitrogen and oxygen atoms in total. The average molecular weight is 426 g/mol. The van der Waals surface area contributed by atoms with Gasteiger partial charge in [0.15, 0.2) is 5.69 Å². The number of hydrogen-bond donors (Lipinski definition) is 1. The Morgan fingerprint density at radius 3 is 2.80 bits per heavy atom. The smallest absolute Gasteiger partial charge is 0.406 e. The topological polar surface area (TPSA) is 87.9 Å². The van der Waals surface area contributed by atoms with Crippen molar-refractivity contribution < 1.29 is 32.0 Å². The van der Waals surface area contributed by atoms with Crippen LogP contribution in [-0.4, -0.2) is 66.9 Å². The predicted octanol–water partition coefficient (Wildman–Crippen LogP) is 2.06. The molecule has 2 amide bonds. The van der Waals surface area contributed by atoms with E-state index in [0.29, 0.717) is 30.8 Å². The maximum atomic E-state index is 12.8. The average Bonchev–Trinajstić information content (AvgIpc) is 3.09. The quantitative estimate of drug-likeness (QED) is 0.761. The Kier molecular flexibility index (Phi) is 6.30. The number of nitrogens with zero attached hydrogens (tertiary/aromatic N) is 3. The van der Waals surface area contributed by atoms with Crippen LogP contribution in [0.3, 0.4) is 0 Å². The second-order valence-electron chi connectivity index (χ2n) is 7.04. The van der Waals surface area contributed by atoms with Crippen LogP contribution in [0.15, 0.2) is 28.8 Å². The Labute approximate surface area is 170 Å². The fraction of sp³-hybridized carbons (Fsp3) is 0.421. The molecule has 1 N–H and O–H groups in total. The molecule has 3 rings (SSSR count). The van der Waals surface area contributed by atoms with Crippen LogP contribution in [0.2, 0.25) is 0 Å². The molecule has 2 heterocycles. The number of carbonyl (C=O) groups is 2. The summed E-state index contributed by atoms with van der Waals surface area (Å²) in [5.41, 5.74) is 0.656. The van der Waals surface area contributed by atoms with Gasteiger partial charge in [-0.1, -0.05) is 11.2 Å². The fourth-order valence-electron chi connectivity index (χ4n) is 3.05. The number of benzene rings is 1. The number of fused-ring (bicyclic) bond motifs is 1. The minimum atomic E-state index is -4.85. The summed E-state index contributed by atoms with van der Waals surface area (Å²) in [5, 5.41) is 6.57. The maximum absolute atomic E-state index is 12.8. The summed E-state index contributed by atoms with van der Waals surface area (Å²) in [6, 6.07) is 4.87. The van der Waals surface area contributed by atoms with Crippen LogP contribution in [0.1, 0.15) is 32.2 Å². The summed E-state index contributed by atoms with van der Waals surface area (Å²) in [7, 11) is 3.75. The molecule has 1 aromatic carbocycles. The maximum Gasteiger partial charge on any atom is 0.573 e. The molecule has 0 aliphatic carbocycles. The van der Waals surface area contributed by atoms with E-state index in [1.807, 2.05) is 19.0 Å². The highest BCUT2D eigenvalue weighted by Crippen LogP contribution is 2.26. The molecular formula is C19H21F3N4O4. The van der Waals surface area contributed by atoms with Crippen molar-refractivity contribution >= 4 is 11.8 Å². The van der Waals surface area contributed by atoms with Crippen LogP contribution in [-0.2, 0) is 13.0 Å². The first-order valence-corrected chi connectivity index (χ1v) is 9.19. The summed E-state index contributed by atoms with van der Waals surface area (Å²) in [6.45, 7) is 1.42. The molecule has 0 saturated heterocycles. The molecule has 0 bridgehead atoms. The van der Waals surface area contributed by atoms with E-state index in [1.165, 1.54) is 17.0 Å². The van der Waals surface area contributed by atoms with Gasteiger partial charge in [0.25, 0.3) is 11.8 Å². The van der Waals surface area contributed by atoms with Gasteiger partial charge in [-0.15, -0.1) is 13.2 Å². The standard InChI is InChI=1S/C19H21F3N4O4/c1-25(2)9-7-23-17(27)16-14-11-26(8-6-15(14)30-24-16)18(28)12-4-3-5-13(10-12)29-19(20,21)22/h3-5,10H,6-9,11H2,1-2H3,(H,23,27). The van der Waals surface area contributed by atoms with Crippen molar-refractivity contribution in [3.8, 4) is 5.75 Å². The highest BCUT2D eigenvalue weighted by Gasteiger charge is 2.32. The Morgan fingerprint density at radius 1 is 1.33 bits per heavy atom. The van der Waals surface area contributed by atoms with Gasteiger partial charge in [0.1, 0.15) is 11.5 Å². The summed E-state index contributed by atoms with van der Waals surface area (Å²) < 4.78 is 46.4. The van der Waals surface area contributed by atoms with Crippen molar-refractivity contribution in [2.24, 2.45) is 0 Å². The lowest BCUT2D eigenvalue weighted by molar-refractivity contribution is -0.274. The number of likely N-dealkylation sites (N-methyl/N-ethyl adjacent to an activating group) is 1. The highest BCUT2D eigenvalue weighted by atomic mass is 19.4. The molecule has 0 fully saturated rings. The molecule has 0 saturated carbocycles. The number of carbonyl (C=O) groups excluding carboxylic acids is 2. The van der Waals surface area contributed by atoms with Gasteiger partial charge in [-0.05, 0) is 32.3 Å². The molecule has 1 aliphatic rings. The molecule has 11 heteroatoms. The molecule has 0 spiro atoms. The normalized spacial score (nSPS) is 13.9. The zero-order valence-corrected chi connectivity index (χ0v) is 16.5. The Balaban J connectivity index is 1.72. The molecule has 0 unspecified atom stereocenters. The first-order valence-electron chi connectivity index (χ1n) is 9.19. The van der Waals surface area contributed by atoms with Gasteiger partial charge in [0.05, 0.1) is 6.54 Å². The van der Waals surface area contributed by atoms with Crippen LogP contribution in [0.5, 0.6) is 5.75 Å². The first-order chi connectivity index (χ1) is 14.1. The van der Waals surface area contributed by atoms with E-state index in [0.717, 1.165) is 12.1 Å². The summed E-state index contributed by atoms with van der Waals surface area (Å²) >= 11 is 0. The lowest BCUT2D eigenvalue weighted by atomic mass is 10.0. The van der Waals surface area contributed by atoms with Gasteiger partial charge in [0.2, 0.25) is 0 Å². The van der Waals surface area contributed by atoms with Crippen molar-refractivity contribution in [1.82, 2.24) is 20.3 Å². The van der Waals surface area contributed by atoms with Crippen LogP contribution in [0.4, 0.5) is 13.2 Å². The van der Waals surface area contributed by atoms with E-state index in [-0.39, 0.29) is 24.3 Å². The van der Waals surface area contributed by atoms with Crippen molar-refractivity contribution in [3.63, 3.8) is 0 Å². The molecular weight excluding hydrogens is 405 g/mol. The van der Waals surface area contributed by atoms with Gasteiger partial charge in [-0.2, -0.15) is 0 Å². The number of amides is 2. The Morgan fingerprint density at radius 2 is 2.10 bits per heavy atom. The van der Waals surface area contributed by atoms with Crippen LogP contribution < -0.4 is 10.1 Å². The Hall–Kier alpha value is -3.08. The van der Waals surface area contributed by atoms with E-state index in [4.69, 9.17) is 4.52 Å². The third-order valence-electron chi connectivity index (χ3n) is 4.49. The summed E-state index contributed by atoms with van der Waals surface area (Å²) in [4.78, 5) is 28.6. The van der Waals surface area contributed by atoms with Crippen molar-refractivity contribution in [2.75, 3.05) is 33.7 Å². The van der Waals surface area contributed by atoms with Crippen molar-refractivity contribution in [1.29, 1.82) is 0 Å². The third-order valence-corrected chi connectivity index (χ3v) is 4.49. The van der Waals surface area contributed by atoms with Gasteiger partial charge in [-0.3, -0.25) is 9.59 Å². The number of hydrogen-bond acceptors (Lipinski definition) is 6. The predicted molar refractivity (Wildman–Crippen MR) is 99.0 cm³/mol. The number of nitrogens with one attached hydrogen (secondary N) is 1. The molecule has 30 heavy (non-hydrogen) atoms. The number of rotatable bonds is 6. The van der Waals surface area contributed by atoms with Crippen molar-refractivity contribution in [3.05, 3.63) is 46.8 Å². The van der Waals surface area contributed by atoms with E-state index in [9.17, 15) is 22.8 Å². The second kappa shape index (κ2) is 8.74. The minimum Gasteiger partial charge on any atom is -0.406 e. The van der Waals surface area contributed by atoms with E-state index in [2.05, 4.69) is 15.2 Å². The SMILES string of the molecule is CN(C)CCNC(=O)c1noc2c1CN(C(=O)c1cccc(OC(F)(F)F)c1)CC2. The number of halogens is 3. The zero-order chi connectivity index (χ0) is 21.9. The van der Waals surface area contributed by atoms with E-state index < -0.39 is 23.9 Å². The molecule has 0 radical (unpaired) electrons. The second-order valence-corrected chi connectivity index (χ2v) is 7.04. The number of ether oxygens (including phenoxy) is 1. The molecule has 0 atom stereocenters. The van der Waals surface area contributed by atoms with Crippen molar-refractivity contribution in [2.45, 2.75) is 19.3 Å². The summed E-state index contributed by atoms with van der Waals surface area (Å²) in [5.74, 6) is -0.840. The van der Waals surface area contributed by atoms with Gasteiger partial charge >= 0.3 is 6.36 Å². The lowest BCUT2D eigenvalue weighted by Gasteiger charge is -2.26. The number of aromatic nitrogens is 1. The minimum absolute atomic E-state index is 0.0497. The molecule has 162 valence electrons. The van der Waals surface area contributed by atoms with E-state index in [1.54, 1.807) is 0 Å². The van der Waals surface area contributed by atoms with Crippen LogP contribution in [0.25, 0.3) is 0 Å². The third kappa shape index (κ3) is 5.29. The van der Waals surface area contributed by atoms with Gasteiger partial charge in [0, 0.05) is 37.2 Å². The lowest BCUT2D eigenvalue weighted by Crippen LogP contribution is -2.37. The fourth-order valence-corrected chi connectivity index (χ4v) is 3.05. The van der Waals surface area contributed by atoms with Gasteiger partial charge < -0.3 is 24.4 Å². The summed E-state index contributed by atoms with van der Waals surface area (Å²) in [6.07, 6.45) is -4.50. The molecule has 1 aromatic heterocycles. The first kappa shape index (κ1) is 21.6. The van der Waals surface area contributed by atoms with E-state index >= 15 is 0 Å². The zero-order valence-electron chi connectivity index (χ0n) is 16.5. The van der Waals surface area contributed by atoms with Crippen LogP contribution in [0, 0.1) is 0 Å². The number of alkyl halides is 3. The highest BCUT2D eigenvalue weighted by molar-refractivity contribution is 5.96. The Bertz CT molecular complexity index is 927. The monoisotopic (exact) mass is 426 g/mol. The molecule has 2 aromatic rings. The van der Waals surface area contributed by atoms with Crippen LogP contribution >= 0.6 is 0 Å². The largest absolute Gasteiger partial charge is 0.573 e.